The van der Waals surface area contributed by atoms with Gasteiger partial charge >= 0.3 is 0 Å². The topological polar surface area (TPSA) is 9.23 Å². The van der Waals surface area contributed by atoms with Crippen LogP contribution in [0.15, 0.2) is 42.5 Å². The normalized spacial score (nSPS) is 10.3. The molecule has 0 aliphatic rings. The molecule has 0 fully saturated rings. The minimum atomic E-state index is -0.222. The van der Waals surface area contributed by atoms with Crippen LogP contribution < -0.4 is 4.74 Å². The maximum Gasteiger partial charge on any atom is 0.123 e. The second-order valence-electron chi connectivity index (χ2n) is 4.18. The average molecular weight is 230 g/mol. The fraction of sp³-hybridized carbons (Fsp3) is 0.200. The quantitative estimate of drug-likeness (QED) is 0.773. The number of hydrogen-bond acceptors (Lipinski definition) is 1. The third-order valence-corrected chi connectivity index (χ3v) is 2.65. The number of rotatable bonds is 3. The standard InChI is InChI=1S/C15H15FO/c1-11-3-4-12(2)15(9-11)17-10-13-5-7-14(16)8-6-13/h3-9H,10H2,1-2H3. The number of ether oxygens (including phenoxy) is 1. The maximum absolute atomic E-state index is 12.7. The minimum Gasteiger partial charge on any atom is -0.489 e. The van der Waals surface area contributed by atoms with Gasteiger partial charge in [0.25, 0.3) is 0 Å². The van der Waals surface area contributed by atoms with Gasteiger partial charge in [-0.15, -0.1) is 0 Å². The van der Waals surface area contributed by atoms with Crippen LogP contribution in [-0.4, -0.2) is 0 Å². The van der Waals surface area contributed by atoms with Crippen LogP contribution in [0.5, 0.6) is 5.75 Å². The van der Waals surface area contributed by atoms with E-state index in [1.165, 1.54) is 17.7 Å². The molecule has 1 nitrogen and oxygen atoms in total. The molecule has 0 saturated carbocycles. The van der Waals surface area contributed by atoms with Gasteiger partial charge in [0.05, 0.1) is 0 Å². The Balaban J connectivity index is 2.07. The Morgan fingerprint density at radius 3 is 2.41 bits per heavy atom. The lowest BCUT2D eigenvalue weighted by Crippen LogP contribution is -1.97. The van der Waals surface area contributed by atoms with Crippen molar-refractivity contribution in [1.29, 1.82) is 0 Å². The molecular formula is C15H15FO. The van der Waals surface area contributed by atoms with Gasteiger partial charge in [0.15, 0.2) is 0 Å². The Bertz CT molecular complexity index is 503. The Morgan fingerprint density at radius 1 is 1.00 bits per heavy atom. The van der Waals surface area contributed by atoms with Gasteiger partial charge in [-0.3, -0.25) is 0 Å². The van der Waals surface area contributed by atoms with Crippen LogP contribution in [0.3, 0.4) is 0 Å². The van der Waals surface area contributed by atoms with E-state index < -0.39 is 0 Å². The highest BCUT2D eigenvalue weighted by Crippen LogP contribution is 2.20. The molecule has 0 aromatic heterocycles. The first-order valence-electron chi connectivity index (χ1n) is 5.59. The van der Waals surface area contributed by atoms with Crippen molar-refractivity contribution in [3.8, 4) is 5.75 Å². The summed E-state index contributed by atoms with van der Waals surface area (Å²) in [5.74, 6) is 0.662. The highest BCUT2D eigenvalue weighted by atomic mass is 19.1. The van der Waals surface area contributed by atoms with E-state index in [9.17, 15) is 4.39 Å². The molecule has 2 aromatic carbocycles. The molecule has 88 valence electrons. The number of aryl methyl sites for hydroxylation is 2. The highest BCUT2D eigenvalue weighted by Gasteiger charge is 2.00. The molecule has 0 saturated heterocycles. The first kappa shape index (κ1) is 11.6. The van der Waals surface area contributed by atoms with E-state index in [1.807, 2.05) is 26.0 Å². The van der Waals surface area contributed by atoms with Crippen LogP contribution in [0, 0.1) is 19.7 Å². The predicted octanol–water partition coefficient (Wildman–Crippen LogP) is 4.02. The summed E-state index contributed by atoms with van der Waals surface area (Å²) < 4.78 is 18.4. The summed E-state index contributed by atoms with van der Waals surface area (Å²) in [6.07, 6.45) is 0. The summed E-state index contributed by atoms with van der Waals surface area (Å²) in [6.45, 7) is 4.51. The van der Waals surface area contributed by atoms with Crippen LogP contribution >= 0.6 is 0 Å². The lowest BCUT2D eigenvalue weighted by molar-refractivity contribution is 0.304. The van der Waals surface area contributed by atoms with E-state index in [-0.39, 0.29) is 5.82 Å². The van der Waals surface area contributed by atoms with E-state index in [4.69, 9.17) is 4.74 Å². The van der Waals surface area contributed by atoms with E-state index in [2.05, 4.69) is 6.07 Å². The van der Waals surface area contributed by atoms with E-state index in [1.54, 1.807) is 12.1 Å². The molecule has 2 heteroatoms. The lowest BCUT2D eigenvalue weighted by Gasteiger charge is -2.09. The fourth-order valence-electron chi connectivity index (χ4n) is 1.60. The van der Waals surface area contributed by atoms with E-state index in [0.717, 1.165) is 16.9 Å². The second-order valence-corrected chi connectivity index (χ2v) is 4.18. The summed E-state index contributed by atoms with van der Waals surface area (Å²) in [5, 5.41) is 0. The second kappa shape index (κ2) is 5.00. The summed E-state index contributed by atoms with van der Waals surface area (Å²) in [7, 11) is 0. The molecule has 0 bridgehead atoms. The Morgan fingerprint density at radius 2 is 1.71 bits per heavy atom. The summed E-state index contributed by atoms with van der Waals surface area (Å²) in [5.41, 5.74) is 3.25. The van der Waals surface area contributed by atoms with Crippen molar-refractivity contribution in [2.75, 3.05) is 0 Å². The van der Waals surface area contributed by atoms with Gasteiger partial charge in [-0.05, 0) is 48.7 Å². The molecule has 0 spiro atoms. The van der Waals surface area contributed by atoms with Crippen molar-refractivity contribution in [1.82, 2.24) is 0 Å². The third-order valence-electron chi connectivity index (χ3n) is 2.65. The SMILES string of the molecule is Cc1ccc(C)c(OCc2ccc(F)cc2)c1. The average Bonchev–Trinajstić information content (AvgIpc) is 2.32. The zero-order valence-corrected chi connectivity index (χ0v) is 10.0. The molecular weight excluding hydrogens is 215 g/mol. The smallest absolute Gasteiger partial charge is 0.123 e. The van der Waals surface area contributed by atoms with Crippen LogP contribution in [0.25, 0.3) is 0 Å². The number of halogens is 1. The molecule has 0 aliphatic carbocycles. The van der Waals surface area contributed by atoms with Gasteiger partial charge in [-0.25, -0.2) is 4.39 Å². The Hall–Kier alpha value is -1.83. The molecule has 0 atom stereocenters. The van der Waals surface area contributed by atoms with Gasteiger partial charge in [0.1, 0.15) is 18.2 Å². The van der Waals surface area contributed by atoms with Crippen LogP contribution in [0.1, 0.15) is 16.7 Å². The van der Waals surface area contributed by atoms with Crippen LogP contribution in [0.4, 0.5) is 4.39 Å². The minimum absolute atomic E-state index is 0.222. The zero-order valence-electron chi connectivity index (χ0n) is 10.0. The van der Waals surface area contributed by atoms with Gasteiger partial charge in [-0.1, -0.05) is 24.3 Å². The predicted molar refractivity (Wildman–Crippen MR) is 66.6 cm³/mol. The molecule has 2 rings (SSSR count). The first-order valence-corrected chi connectivity index (χ1v) is 5.59. The molecule has 0 unspecified atom stereocenters. The van der Waals surface area contributed by atoms with Crippen LogP contribution in [0.2, 0.25) is 0 Å². The van der Waals surface area contributed by atoms with Gasteiger partial charge in [0, 0.05) is 0 Å². The fourth-order valence-corrected chi connectivity index (χ4v) is 1.60. The molecule has 0 aliphatic heterocycles. The molecule has 2 aromatic rings. The number of hydrogen-bond donors (Lipinski definition) is 0. The number of benzene rings is 2. The highest BCUT2D eigenvalue weighted by molar-refractivity contribution is 5.36. The molecule has 0 N–H and O–H groups in total. The van der Waals surface area contributed by atoms with Gasteiger partial charge in [-0.2, -0.15) is 0 Å². The molecule has 0 amide bonds. The van der Waals surface area contributed by atoms with Crippen molar-refractivity contribution in [2.45, 2.75) is 20.5 Å². The maximum atomic E-state index is 12.7. The van der Waals surface area contributed by atoms with Gasteiger partial charge in [0.2, 0.25) is 0 Å². The first-order chi connectivity index (χ1) is 8.15. The van der Waals surface area contributed by atoms with Crippen molar-refractivity contribution in [2.24, 2.45) is 0 Å². The Labute approximate surface area is 101 Å². The largest absolute Gasteiger partial charge is 0.489 e. The Kier molecular flexibility index (Phi) is 3.43. The van der Waals surface area contributed by atoms with E-state index in [0.29, 0.717) is 6.61 Å². The van der Waals surface area contributed by atoms with Crippen LogP contribution in [-0.2, 0) is 6.61 Å². The molecule has 17 heavy (non-hydrogen) atoms. The monoisotopic (exact) mass is 230 g/mol. The summed E-state index contributed by atoms with van der Waals surface area (Å²) >= 11 is 0. The molecule has 0 radical (unpaired) electrons. The van der Waals surface area contributed by atoms with E-state index >= 15 is 0 Å². The van der Waals surface area contributed by atoms with Crippen molar-refractivity contribution in [3.63, 3.8) is 0 Å². The van der Waals surface area contributed by atoms with Gasteiger partial charge < -0.3 is 4.74 Å². The van der Waals surface area contributed by atoms with Crippen molar-refractivity contribution < 1.29 is 9.13 Å². The third kappa shape index (κ3) is 3.06. The lowest BCUT2D eigenvalue weighted by atomic mass is 10.1. The van der Waals surface area contributed by atoms with Crippen molar-refractivity contribution >= 4 is 0 Å². The summed E-state index contributed by atoms with van der Waals surface area (Å²) in [6, 6.07) is 12.5. The molecule has 0 heterocycles. The summed E-state index contributed by atoms with van der Waals surface area (Å²) in [4.78, 5) is 0. The van der Waals surface area contributed by atoms with Crippen molar-refractivity contribution in [3.05, 3.63) is 65.0 Å². The zero-order chi connectivity index (χ0) is 12.3.